The molecule has 1 aromatic carbocycles. The number of para-hydroxylation sites is 1. The Labute approximate surface area is 294 Å². The summed E-state index contributed by atoms with van der Waals surface area (Å²) in [6.45, 7) is -0.182. The van der Waals surface area contributed by atoms with Crippen molar-refractivity contribution in [2.45, 2.75) is 113 Å². The van der Waals surface area contributed by atoms with Crippen molar-refractivity contribution in [1.82, 2.24) is 18.8 Å². The molecule has 5 heterocycles. The summed E-state index contributed by atoms with van der Waals surface area (Å²) >= 11 is 1.09. The summed E-state index contributed by atoms with van der Waals surface area (Å²) in [5.41, 5.74) is -2.69. The second-order valence-corrected chi connectivity index (χ2v) is 17.3. The van der Waals surface area contributed by atoms with Crippen LogP contribution < -0.4 is 20.7 Å². The lowest BCUT2D eigenvalue weighted by Crippen LogP contribution is -2.53. The van der Waals surface area contributed by atoms with Gasteiger partial charge in [-0.15, -0.1) is 11.3 Å². The average Bonchev–Trinajstić information content (AvgIpc) is 3.89. The number of nitrogens with one attached hydrogen (secondary N) is 1. The summed E-state index contributed by atoms with van der Waals surface area (Å²) < 4.78 is 79.9. The van der Waals surface area contributed by atoms with Crippen LogP contribution in [0.3, 0.4) is 0 Å². The molecular weight excluding hydrogens is 711 g/mol. The standard InChI is InChI=1S/C34H36F2N4O9S2/c1-18-25-28(41)40(34(11-12-34)30(42)38-51(44,45)33(2)9-10-33)32(43)39(29(25)50-26(18)27-37-13-14-46-27)17-24(22-5-3-4-6-23(22)49-31(35)36)48-21-15-19-7-8-20(16-21)47-19/h3-6,13-14,19-21,24,31H,7-12,15-17H2,1-2H3,(H,38,42)/t19-,20+,21-,24-/m0/s1. The van der Waals surface area contributed by atoms with Crippen LogP contribution in [-0.4, -0.2) is 58.1 Å². The molecule has 3 aromatic heterocycles. The van der Waals surface area contributed by atoms with Crippen molar-refractivity contribution in [2.24, 2.45) is 0 Å². The Hall–Kier alpha value is -3.93. The maximum atomic E-state index is 14.7. The lowest BCUT2D eigenvalue weighted by atomic mass is 10.0. The number of thiophene rings is 1. The highest BCUT2D eigenvalue weighted by molar-refractivity contribution is 7.91. The van der Waals surface area contributed by atoms with Gasteiger partial charge in [0.2, 0.25) is 15.9 Å². The second-order valence-electron chi connectivity index (χ2n) is 14.1. The summed E-state index contributed by atoms with van der Waals surface area (Å²) in [4.78, 5) is 47.9. The molecule has 0 spiro atoms. The van der Waals surface area contributed by atoms with Crippen molar-refractivity contribution in [1.29, 1.82) is 0 Å². The van der Waals surface area contributed by atoms with Crippen molar-refractivity contribution < 1.29 is 40.6 Å². The Balaban J connectivity index is 1.29. The molecule has 4 aromatic rings. The number of benzene rings is 1. The molecule has 4 fully saturated rings. The van der Waals surface area contributed by atoms with Crippen molar-refractivity contribution in [3.63, 3.8) is 0 Å². The fourth-order valence-electron chi connectivity index (χ4n) is 7.36. The third kappa shape index (κ3) is 5.91. The van der Waals surface area contributed by atoms with Gasteiger partial charge in [0, 0.05) is 5.56 Å². The third-order valence-corrected chi connectivity index (χ3v) is 14.1. The molecule has 2 bridgehead atoms. The van der Waals surface area contributed by atoms with Crippen LogP contribution in [0.25, 0.3) is 21.0 Å². The van der Waals surface area contributed by atoms with Crippen molar-refractivity contribution >= 4 is 37.5 Å². The van der Waals surface area contributed by atoms with Crippen LogP contribution in [-0.2, 0) is 36.4 Å². The van der Waals surface area contributed by atoms with E-state index in [0.717, 1.165) is 28.7 Å². The third-order valence-electron chi connectivity index (χ3n) is 10.7. The highest BCUT2D eigenvalue weighted by Crippen LogP contribution is 2.46. The largest absolute Gasteiger partial charge is 0.444 e. The lowest BCUT2D eigenvalue weighted by molar-refractivity contribution is -0.124. The fraction of sp³-hybridized carbons (Fsp3) is 0.529. The Morgan fingerprint density at radius 3 is 2.47 bits per heavy atom. The van der Waals surface area contributed by atoms with Gasteiger partial charge in [0.25, 0.3) is 11.5 Å². The van der Waals surface area contributed by atoms with Crippen LogP contribution in [0.5, 0.6) is 5.75 Å². The molecule has 1 N–H and O–H groups in total. The molecule has 51 heavy (non-hydrogen) atoms. The minimum atomic E-state index is -4.09. The van der Waals surface area contributed by atoms with Gasteiger partial charge in [0.05, 0.1) is 46.1 Å². The number of carbonyl (C=O) groups excluding carboxylic acids is 1. The Morgan fingerprint density at radius 2 is 1.84 bits per heavy atom. The number of hydrogen-bond donors (Lipinski definition) is 1. The van der Waals surface area contributed by atoms with Crippen molar-refractivity contribution in [3.8, 4) is 16.5 Å². The number of amides is 1. The number of ether oxygens (including phenoxy) is 3. The topological polar surface area (TPSA) is 161 Å². The number of carbonyl (C=O) groups is 1. The molecule has 272 valence electrons. The highest BCUT2D eigenvalue weighted by Gasteiger charge is 2.58. The Morgan fingerprint density at radius 1 is 1.14 bits per heavy atom. The van der Waals surface area contributed by atoms with E-state index in [0.29, 0.717) is 36.1 Å². The van der Waals surface area contributed by atoms with Gasteiger partial charge < -0.3 is 18.6 Å². The SMILES string of the molecule is Cc1c(-c2ncco2)sc2c1c(=O)n(C1(C(=O)NS(=O)(=O)C3(C)CC3)CC1)c(=O)n2C[C@H](O[C@@H]1C[C@H]2CC[C@@H](C1)O2)c1ccccc1OC(F)F. The van der Waals surface area contributed by atoms with Gasteiger partial charge in [-0.1, -0.05) is 18.2 Å². The molecule has 2 saturated carbocycles. The smallest absolute Gasteiger partial charge is 0.387 e. The van der Waals surface area contributed by atoms with E-state index in [4.69, 9.17) is 18.6 Å². The minimum absolute atomic E-state index is 0.0102. The lowest BCUT2D eigenvalue weighted by Gasteiger charge is -2.32. The Bertz CT molecular complexity index is 2230. The normalized spacial score (nSPS) is 23.7. The predicted octanol–water partition coefficient (Wildman–Crippen LogP) is 4.75. The monoisotopic (exact) mass is 746 g/mol. The minimum Gasteiger partial charge on any atom is -0.444 e. The van der Waals surface area contributed by atoms with Crippen LogP contribution in [0.1, 0.15) is 75.5 Å². The Kier molecular flexibility index (Phi) is 8.27. The van der Waals surface area contributed by atoms with E-state index >= 15 is 0 Å². The zero-order chi connectivity index (χ0) is 35.9. The first kappa shape index (κ1) is 34.2. The number of nitrogens with zero attached hydrogens (tertiary/aromatic N) is 3. The first-order chi connectivity index (χ1) is 24.3. The highest BCUT2D eigenvalue weighted by atomic mass is 32.2. The van der Waals surface area contributed by atoms with Crippen LogP contribution in [0.4, 0.5) is 8.78 Å². The maximum absolute atomic E-state index is 14.7. The molecule has 0 unspecified atom stereocenters. The summed E-state index contributed by atoms with van der Waals surface area (Å²) in [7, 11) is -4.09. The van der Waals surface area contributed by atoms with E-state index in [2.05, 4.69) is 9.71 Å². The molecule has 2 aliphatic carbocycles. The number of fused-ring (bicyclic) bond motifs is 3. The number of oxazole rings is 1. The average molecular weight is 747 g/mol. The number of aromatic nitrogens is 3. The van der Waals surface area contributed by atoms with Gasteiger partial charge >= 0.3 is 12.3 Å². The molecule has 0 radical (unpaired) electrons. The van der Waals surface area contributed by atoms with E-state index in [1.165, 1.54) is 30.0 Å². The van der Waals surface area contributed by atoms with E-state index in [1.807, 2.05) is 0 Å². The number of hydrogen-bond acceptors (Lipinski definition) is 11. The van der Waals surface area contributed by atoms with Crippen molar-refractivity contribution in [2.75, 3.05) is 0 Å². The first-order valence-electron chi connectivity index (χ1n) is 16.9. The van der Waals surface area contributed by atoms with Crippen molar-refractivity contribution in [3.05, 3.63) is 68.7 Å². The molecule has 8 rings (SSSR count). The first-order valence-corrected chi connectivity index (χ1v) is 19.2. The molecule has 1 amide bonds. The number of aryl methyl sites for hydroxylation is 1. The van der Waals surface area contributed by atoms with Gasteiger partial charge in [-0.25, -0.2) is 22.8 Å². The van der Waals surface area contributed by atoms with Gasteiger partial charge in [-0.2, -0.15) is 8.78 Å². The van der Waals surface area contributed by atoms with Gasteiger partial charge in [-0.05, 0) is 76.8 Å². The van der Waals surface area contributed by atoms with Crippen LogP contribution in [0, 0.1) is 6.92 Å². The van der Waals surface area contributed by atoms with Gasteiger partial charge in [0.1, 0.15) is 28.5 Å². The molecule has 17 heteroatoms. The van der Waals surface area contributed by atoms with Gasteiger partial charge in [0.15, 0.2) is 0 Å². The molecular formula is C34H36F2N4O9S2. The maximum Gasteiger partial charge on any atom is 0.387 e. The molecule has 2 aliphatic heterocycles. The van der Waals surface area contributed by atoms with Crippen LogP contribution >= 0.6 is 11.3 Å². The molecule has 4 aliphatic rings. The number of halogens is 2. The van der Waals surface area contributed by atoms with Crippen LogP contribution in [0.15, 0.2) is 50.7 Å². The number of alkyl halides is 2. The van der Waals surface area contributed by atoms with E-state index < -0.39 is 50.2 Å². The quantitative estimate of drug-likeness (QED) is 0.214. The molecule has 2 saturated heterocycles. The van der Waals surface area contributed by atoms with E-state index in [9.17, 15) is 31.6 Å². The zero-order valence-electron chi connectivity index (χ0n) is 27.8. The summed E-state index contributed by atoms with van der Waals surface area (Å²) in [5.74, 6) is -0.880. The molecule has 13 nitrogen and oxygen atoms in total. The zero-order valence-corrected chi connectivity index (χ0v) is 29.4. The number of rotatable bonds is 12. The summed E-state index contributed by atoms with van der Waals surface area (Å²) in [5, 5.41) is 0.115. The van der Waals surface area contributed by atoms with Gasteiger partial charge in [-0.3, -0.25) is 18.9 Å². The summed E-state index contributed by atoms with van der Waals surface area (Å²) in [6.07, 6.45) is 5.20. The molecule has 4 atom stereocenters. The fourth-order valence-corrected chi connectivity index (χ4v) is 9.93. The summed E-state index contributed by atoms with van der Waals surface area (Å²) in [6, 6.07) is 6.18. The van der Waals surface area contributed by atoms with E-state index in [1.54, 1.807) is 25.1 Å². The van der Waals surface area contributed by atoms with E-state index in [-0.39, 0.29) is 65.1 Å². The van der Waals surface area contributed by atoms with Crippen LogP contribution in [0.2, 0.25) is 0 Å². The predicted molar refractivity (Wildman–Crippen MR) is 180 cm³/mol. The number of sulfonamides is 1. The second kappa shape index (κ2) is 12.3.